The SMILES string of the molecule is COC1CC(=O)C=C(F)C1(F)C(=O)OCc1ccccc1. The molecule has 0 aromatic heterocycles. The van der Waals surface area contributed by atoms with Crippen LogP contribution in [0.4, 0.5) is 8.78 Å². The number of carbonyl (C=O) groups excluding carboxylic acids is 2. The number of benzene rings is 1. The summed E-state index contributed by atoms with van der Waals surface area (Å²) in [6.07, 6.45) is -1.47. The van der Waals surface area contributed by atoms with Crippen molar-refractivity contribution in [2.24, 2.45) is 0 Å². The minimum Gasteiger partial charge on any atom is -0.458 e. The van der Waals surface area contributed by atoms with Gasteiger partial charge in [-0.05, 0) is 5.56 Å². The molecule has 0 bridgehead atoms. The van der Waals surface area contributed by atoms with Crippen molar-refractivity contribution >= 4 is 11.8 Å². The minimum absolute atomic E-state index is 0.191. The fraction of sp³-hybridized carbons (Fsp3) is 0.333. The molecule has 0 spiro atoms. The zero-order chi connectivity index (χ0) is 15.5. The summed E-state index contributed by atoms with van der Waals surface area (Å²) in [5.41, 5.74) is -2.45. The molecule has 1 aromatic rings. The van der Waals surface area contributed by atoms with Crippen LogP contribution in [0, 0.1) is 0 Å². The van der Waals surface area contributed by atoms with E-state index < -0.39 is 35.8 Å². The van der Waals surface area contributed by atoms with Crippen LogP contribution in [-0.4, -0.2) is 30.6 Å². The molecule has 0 radical (unpaired) electrons. The Morgan fingerprint density at radius 3 is 2.67 bits per heavy atom. The van der Waals surface area contributed by atoms with E-state index in [4.69, 9.17) is 9.47 Å². The predicted octanol–water partition coefficient (Wildman–Crippen LogP) is 2.28. The molecular weight excluding hydrogens is 282 g/mol. The molecule has 2 rings (SSSR count). The highest BCUT2D eigenvalue weighted by Crippen LogP contribution is 2.36. The standard InChI is InChI=1S/C15H14F2O4/c1-20-13-8-11(18)7-12(16)15(13,17)14(19)21-9-10-5-3-2-4-6-10/h2-7,13H,8-9H2,1H3. The first-order valence-electron chi connectivity index (χ1n) is 6.32. The van der Waals surface area contributed by atoms with Gasteiger partial charge in [-0.15, -0.1) is 0 Å². The van der Waals surface area contributed by atoms with Gasteiger partial charge in [0.15, 0.2) is 11.6 Å². The Morgan fingerprint density at radius 1 is 1.38 bits per heavy atom. The van der Waals surface area contributed by atoms with E-state index in [0.29, 0.717) is 11.6 Å². The number of ether oxygens (including phenoxy) is 2. The van der Waals surface area contributed by atoms with Gasteiger partial charge in [-0.2, -0.15) is 0 Å². The smallest absolute Gasteiger partial charge is 0.354 e. The molecule has 112 valence electrons. The summed E-state index contributed by atoms with van der Waals surface area (Å²) in [7, 11) is 1.11. The van der Waals surface area contributed by atoms with Gasteiger partial charge < -0.3 is 9.47 Å². The van der Waals surface area contributed by atoms with Gasteiger partial charge in [-0.25, -0.2) is 13.6 Å². The van der Waals surface area contributed by atoms with Gasteiger partial charge in [-0.1, -0.05) is 30.3 Å². The van der Waals surface area contributed by atoms with Crippen LogP contribution in [0.2, 0.25) is 0 Å². The van der Waals surface area contributed by atoms with Gasteiger partial charge >= 0.3 is 5.97 Å². The lowest BCUT2D eigenvalue weighted by Crippen LogP contribution is -2.51. The van der Waals surface area contributed by atoms with E-state index in [1.165, 1.54) is 0 Å². The fourth-order valence-electron chi connectivity index (χ4n) is 2.09. The Balaban J connectivity index is 2.15. The monoisotopic (exact) mass is 296 g/mol. The summed E-state index contributed by atoms with van der Waals surface area (Å²) in [6, 6.07) is 8.60. The fourth-order valence-corrected chi connectivity index (χ4v) is 2.09. The molecule has 0 N–H and O–H groups in total. The van der Waals surface area contributed by atoms with Crippen molar-refractivity contribution in [3.8, 4) is 0 Å². The van der Waals surface area contributed by atoms with Crippen LogP contribution < -0.4 is 0 Å². The molecule has 4 nitrogen and oxygen atoms in total. The number of esters is 1. The van der Waals surface area contributed by atoms with Gasteiger partial charge in [0, 0.05) is 19.6 Å². The molecule has 1 aliphatic carbocycles. The quantitative estimate of drug-likeness (QED) is 0.800. The third-order valence-corrected chi connectivity index (χ3v) is 3.26. The van der Waals surface area contributed by atoms with E-state index in [-0.39, 0.29) is 6.61 Å². The van der Waals surface area contributed by atoms with Gasteiger partial charge in [0.1, 0.15) is 12.7 Å². The summed E-state index contributed by atoms with van der Waals surface area (Å²) >= 11 is 0. The van der Waals surface area contributed by atoms with E-state index in [9.17, 15) is 18.4 Å². The lowest BCUT2D eigenvalue weighted by atomic mass is 9.87. The molecule has 0 amide bonds. The lowest BCUT2D eigenvalue weighted by Gasteiger charge is -2.31. The first kappa shape index (κ1) is 15.3. The summed E-state index contributed by atoms with van der Waals surface area (Å²) in [5.74, 6) is -3.52. The van der Waals surface area contributed by atoms with E-state index in [2.05, 4.69) is 0 Å². The minimum atomic E-state index is -3.09. The summed E-state index contributed by atoms with van der Waals surface area (Å²) in [6.45, 7) is -0.191. The maximum Gasteiger partial charge on any atom is 0.354 e. The average Bonchev–Trinajstić information content (AvgIpc) is 2.49. The average molecular weight is 296 g/mol. The molecule has 0 saturated heterocycles. The van der Waals surface area contributed by atoms with Crippen LogP contribution in [0.15, 0.2) is 42.2 Å². The van der Waals surface area contributed by atoms with E-state index in [0.717, 1.165) is 7.11 Å². The number of hydrogen-bond acceptors (Lipinski definition) is 4. The number of hydrogen-bond donors (Lipinski definition) is 0. The topological polar surface area (TPSA) is 52.6 Å². The molecule has 0 aliphatic heterocycles. The third-order valence-electron chi connectivity index (χ3n) is 3.26. The molecule has 6 heteroatoms. The lowest BCUT2D eigenvalue weighted by molar-refractivity contribution is -0.168. The third kappa shape index (κ3) is 3.00. The van der Waals surface area contributed by atoms with E-state index in [1.54, 1.807) is 30.3 Å². The Hall–Kier alpha value is -2.08. The van der Waals surface area contributed by atoms with Crippen LogP contribution in [0.5, 0.6) is 0 Å². The van der Waals surface area contributed by atoms with Crippen molar-refractivity contribution in [2.75, 3.05) is 7.11 Å². The van der Waals surface area contributed by atoms with Crippen molar-refractivity contribution in [2.45, 2.75) is 24.8 Å². The van der Waals surface area contributed by atoms with Gasteiger partial charge in [-0.3, -0.25) is 4.79 Å². The van der Waals surface area contributed by atoms with Crippen LogP contribution in [0.3, 0.4) is 0 Å². The number of alkyl halides is 1. The summed E-state index contributed by atoms with van der Waals surface area (Å²) < 4.78 is 38.1. The molecule has 0 heterocycles. The maximum atomic E-state index is 14.7. The van der Waals surface area contributed by atoms with Crippen molar-refractivity contribution in [1.82, 2.24) is 0 Å². The van der Waals surface area contributed by atoms with Crippen LogP contribution in [0.1, 0.15) is 12.0 Å². The van der Waals surface area contributed by atoms with Gasteiger partial charge in [0.05, 0.1) is 0 Å². The second kappa shape index (κ2) is 6.13. The first-order chi connectivity index (χ1) is 9.98. The normalized spacial score (nSPS) is 25.4. The Morgan fingerprint density at radius 2 is 2.05 bits per heavy atom. The molecular formula is C15H14F2O4. The highest BCUT2D eigenvalue weighted by Gasteiger charge is 2.55. The Bertz CT molecular complexity index is 570. The zero-order valence-electron chi connectivity index (χ0n) is 11.3. The maximum absolute atomic E-state index is 14.7. The molecule has 2 unspecified atom stereocenters. The van der Waals surface area contributed by atoms with Crippen LogP contribution >= 0.6 is 0 Å². The van der Waals surface area contributed by atoms with Crippen LogP contribution in [0.25, 0.3) is 0 Å². The zero-order valence-corrected chi connectivity index (χ0v) is 11.3. The molecule has 21 heavy (non-hydrogen) atoms. The highest BCUT2D eigenvalue weighted by molar-refractivity contribution is 5.96. The first-order valence-corrected chi connectivity index (χ1v) is 6.32. The van der Waals surface area contributed by atoms with Gasteiger partial charge in [0.25, 0.3) is 5.67 Å². The molecule has 0 fully saturated rings. The second-order valence-electron chi connectivity index (χ2n) is 4.66. The van der Waals surface area contributed by atoms with Crippen molar-refractivity contribution in [1.29, 1.82) is 0 Å². The van der Waals surface area contributed by atoms with Crippen molar-refractivity contribution in [3.63, 3.8) is 0 Å². The highest BCUT2D eigenvalue weighted by atomic mass is 19.2. The number of halogens is 2. The molecule has 1 aliphatic rings. The Kier molecular flexibility index (Phi) is 4.47. The van der Waals surface area contributed by atoms with Gasteiger partial charge in [0.2, 0.25) is 0 Å². The number of methoxy groups -OCH3 is 1. The van der Waals surface area contributed by atoms with E-state index >= 15 is 0 Å². The van der Waals surface area contributed by atoms with Crippen molar-refractivity contribution in [3.05, 3.63) is 47.8 Å². The molecule has 2 atom stereocenters. The summed E-state index contributed by atoms with van der Waals surface area (Å²) in [5, 5.41) is 0. The number of allylic oxidation sites excluding steroid dienone is 1. The number of ketones is 1. The number of carbonyl (C=O) groups is 2. The van der Waals surface area contributed by atoms with Crippen LogP contribution in [-0.2, 0) is 25.7 Å². The molecule has 1 aromatic carbocycles. The largest absolute Gasteiger partial charge is 0.458 e. The summed E-state index contributed by atoms with van der Waals surface area (Å²) in [4.78, 5) is 23.1. The number of rotatable bonds is 4. The predicted molar refractivity (Wildman–Crippen MR) is 69.7 cm³/mol. The Labute approximate surface area is 120 Å². The second-order valence-corrected chi connectivity index (χ2v) is 4.66. The van der Waals surface area contributed by atoms with E-state index in [1.807, 2.05) is 0 Å². The molecule has 0 saturated carbocycles. The van der Waals surface area contributed by atoms with Crippen molar-refractivity contribution < 1.29 is 27.8 Å².